The molecule has 7 nitrogen and oxygen atoms in total. The van der Waals surface area contributed by atoms with E-state index < -0.39 is 17.6 Å². The Labute approximate surface area is 165 Å². The number of carboxylic acids is 1. The summed E-state index contributed by atoms with van der Waals surface area (Å²) in [7, 11) is 0. The summed E-state index contributed by atoms with van der Waals surface area (Å²) in [6.07, 6.45) is 1.60. The minimum Gasteiger partial charge on any atom is -0.478 e. The smallest absolute Gasteiger partial charge is 0.335 e. The van der Waals surface area contributed by atoms with E-state index in [1.807, 2.05) is 4.90 Å². The molecule has 2 N–H and O–H groups in total. The molecule has 0 atom stereocenters. The Morgan fingerprint density at radius 1 is 1.14 bits per heavy atom. The number of hydrogen-bond acceptors (Lipinski definition) is 6. The quantitative estimate of drug-likeness (QED) is 0.681. The first-order valence-electron chi connectivity index (χ1n) is 9.05. The number of anilines is 2. The van der Waals surface area contributed by atoms with Crippen LogP contribution in [0, 0.1) is 11.6 Å². The molecule has 2 aromatic carbocycles. The van der Waals surface area contributed by atoms with Gasteiger partial charge in [0.15, 0.2) is 0 Å². The van der Waals surface area contributed by atoms with Gasteiger partial charge in [-0.15, -0.1) is 0 Å². The summed E-state index contributed by atoms with van der Waals surface area (Å²) in [5.41, 5.74) is 1.74. The summed E-state index contributed by atoms with van der Waals surface area (Å²) in [5, 5.41) is 12.4. The van der Waals surface area contributed by atoms with Gasteiger partial charge in [0.2, 0.25) is 0 Å². The molecule has 0 saturated carbocycles. The lowest BCUT2D eigenvalue weighted by Crippen LogP contribution is -2.36. The molecule has 0 radical (unpaired) electrons. The molecule has 4 rings (SSSR count). The number of fused-ring (bicyclic) bond motifs is 1. The molecule has 2 heterocycles. The van der Waals surface area contributed by atoms with Crippen LogP contribution < -0.4 is 10.2 Å². The van der Waals surface area contributed by atoms with Gasteiger partial charge in [0.05, 0.1) is 36.2 Å². The highest BCUT2D eigenvalue weighted by Crippen LogP contribution is 2.26. The van der Waals surface area contributed by atoms with Crippen molar-refractivity contribution in [2.24, 2.45) is 0 Å². The maximum absolute atomic E-state index is 13.5. The molecule has 29 heavy (non-hydrogen) atoms. The Morgan fingerprint density at radius 2 is 1.86 bits per heavy atom. The minimum absolute atomic E-state index is 0.0406. The van der Waals surface area contributed by atoms with E-state index in [9.17, 15) is 18.7 Å². The van der Waals surface area contributed by atoms with Gasteiger partial charge >= 0.3 is 5.97 Å². The van der Waals surface area contributed by atoms with Crippen molar-refractivity contribution in [1.29, 1.82) is 0 Å². The van der Waals surface area contributed by atoms with Gasteiger partial charge in [-0.1, -0.05) is 0 Å². The molecular formula is C20H18F2N4O3. The Hall–Kier alpha value is -3.33. The van der Waals surface area contributed by atoms with Crippen LogP contribution in [0.2, 0.25) is 0 Å². The summed E-state index contributed by atoms with van der Waals surface area (Å²) in [5.74, 6) is -1.81. The summed E-state index contributed by atoms with van der Waals surface area (Å²) in [6, 6.07) is 6.11. The number of rotatable bonds is 5. The van der Waals surface area contributed by atoms with E-state index in [1.165, 1.54) is 24.3 Å². The first kappa shape index (κ1) is 19.0. The molecule has 150 valence electrons. The molecule has 1 aliphatic rings. The fourth-order valence-corrected chi connectivity index (χ4v) is 3.22. The monoisotopic (exact) mass is 400 g/mol. The van der Waals surface area contributed by atoms with Gasteiger partial charge in [-0.3, -0.25) is 4.98 Å². The zero-order valence-electron chi connectivity index (χ0n) is 15.4. The number of nitrogens with one attached hydrogen (secondary N) is 1. The highest BCUT2D eigenvalue weighted by molar-refractivity contribution is 5.98. The van der Waals surface area contributed by atoms with E-state index in [4.69, 9.17) is 4.74 Å². The number of hydrogen-bond donors (Lipinski definition) is 2. The van der Waals surface area contributed by atoms with Crippen molar-refractivity contribution >= 4 is 28.5 Å². The average molecular weight is 400 g/mol. The van der Waals surface area contributed by atoms with Crippen molar-refractivity contribution in [2.45, 2.75) is 6.54 Å². The predicted molar refractivity (Wildman–Crippen MR) is 103 cm³/mol. The van der Waals surface area contributed by atoms with Gasteiger partial charge in [0.1, 0.15) is 23.0 Å². The molecule has 1 fully saturated rings. The van der Waals surface area contributed by atoms with E-state index >= 15 is 0 Å². The number of aromatic nitrogens is 2. The second-order valence-electron chi connectivity index (χ2n) is 6.66. The van der Waals surface area contributed by atoms with E-state index in [-0.39, 0.29) is 12.1 Å². The first-order chi connectivity index (χ1) is 14.0. The molecule has 0 aliphatic carbocycles. The van der Waals surface area contributed by atoms with Crippen LogP contribution in [0.15, 0.2) is 36.5 Å². The third-order valence-corrected chi connectivity index (χ3v) is 4.62. The number of benzene rings is 2. The Bertz CT molecular complexity index is 1050. The summed E-state index contributed by atoms with van der Waals surface area (Å²) >= 11 is 0. The van der Waals surface area contributed by atoms with Gasteiger partial charge in [-0.25, -0.2) is 18.6 Å². The van der Waals surface area contributed by atoms with Crippen LogP contribution in [0.1, 0.15) is 15.9 Å². The van der Waals surface area contributed by atoms with Gasteiger partial charge in [-0.05, 0) is 29.8 Å². The van der Waals surface area contributed by atoms with E-state index in [1.54, 1.807) is 6.20 Å². The molecule has 3 aromatic rings. The van der Waals surface area contributed by atoms with Crippen LogP contribution in [0.3, 0.4) is 0 Å². The Balaban J connectivity index is 1.71. The lowest BCUT2D eigenvalue weighted by molar-refractivity contribution is 0.0697. The van der Waals surface area contributed by atoms with Crippen LogP contribution in [0.5, 0.6) is 0 Å². The molecular weight excluding hydrogens is 382 g/mol. The van der Waals surface area contributed by atoms with Crippen molar-refractivity contribution in [3.05, 3.63) is 59.3 Å². The normalized spacial score (nSPS) is 14.2. The summed E-state index contributed by atoms with van der Waals surface area (Å²) in [6.45, 7) is 2.63. The zero-order chi connectivity index (χ0) is 20.4. The van der Waals surface area contributed by atoms with Crippen molar-refractivity contribution in [3.8, 4) is 0 Å². The maximum atomic E-state index is 13.5. The van der Waals surface area contributed by atoms with Gasteiger partial charge < -0.3 is 20.1 Å². The van der Waals surface area contributed by atoms with Gasteiger partial charge in [0.25, 0.3) is 0 Å². The highest BCUT2D eigenvalue weighted by atomic mass is 19.1. The molecule has 1 aromatic heterocycles. The van der Waals surface area contributed by atoms with E-state index in [0.717, 1.165) is 6.07 Å². The largest absolute Gasteiger partial charge is 0.478 e. The number of carbonyl (C=O) groups is 1. The van der Waals surface area contributed by atoms with Crippen LogP contribution in [-0.4, -0.2) is 47.3 Å². The first-order valence-corrected chi connectivity index (χ1v) is 9.05. The molecule has 1 aliphatic heterocycles. The van der Waals surface area contributed by atoms with Crippen LogP contribution in [0.25, 0.3) is 11.0 Å². The van der Waals surface area contributed by atoms with E-state index in [0.29, 0.717) is 54.4 Å². The Morgan fingerprint density at radius 3 is 2.55 bits per heavy atom. The molecule has 0 amide bonds. The number of aromatic carboxylic acids is 1. The van der Waals surface area contributed by atoms with E-state index in [2.05, 4.69) is 15.3 Å². The lowest BCUT2D eigenvalue weighted by atomic mass is 10.1. The molecule has 0 bridgehead atoms. The average Bonchev–Trinajstić information content (AvgIpc) is 2.71. The third kappa shape index (κ3) is 4.24. The van der Waals surface area contributed by atoms with Crippen LogP contribution in [-0.2, 0) is 11.3 Å². The zero-order valence-corrected chi connectivity index (χ0v) is 15.4. The fourth-order valence-electron chi connectivity index (χ4n) is 3.22. The second kappa shape index (κ2) is 7.96. The number of halogens is 2. The highest BCUT2D eigenvalue weighted by Gasteiger charge is 2.16. The van der Waals surface area contributed by atoms with Crippen molar-refractivity contribution in [2.75, 3.05) is 36.5 Å². The second-order valence-corrected chi connectivity index (χ2v) is 6.66. The van der Waals surface area contributed by atoms with Crippen molar-refractivity contribution in [3.63, 3.8) is 0 Å². The fraction of sp³-hybridized carbons (Fsp3) is 0.250. The van der Waals surface area contributed by atoms with Crippen molar-refractivity contribution in [1.82, 2.24) is 9.97 Å². The number of nitrogens with zero attached hydrogens (tertiary/aromatic N) is 3. The van der Waals surface area contributed by atoms with Crippen LogP contribution in [0.4, 0.5) is 20.3 Å². The van der Waals surface area contributed by atoms with Crippen LogP contribution >= 0.6 is 0 Å². The standard InChI is InChI=1S/C20H18F2N4O3/c21-14-5-12(6-15(22)9-14)10-23-16-7-13(20(27)28)8-17-19(16)25-18(11-24-17)26-1-3-29-4-2-26/h5-9,11,23H,1-4,10H2,(H,27,28). The lowest BCUT2D eigenvalue weighted by Gasteiger charge is -2.27. The molecule has 0 spiro atoms. The number of carboxylic acid groups (broad SMARTS) is 1. The third-order valence-electron chi connectivity index (χ3n) is 4.62. The van der Waals surface area contributed by atoms with Crippen molar-refractivity contribution < 1.29 is 23.4 Å². The number of morpholine rings is 1. The summed E-state index contributed by atoms with van der Waals surface area (Å²) < 4.78 is 32.3. The predicted octanol–water partition coefficient (Wildman–Crippen LogP) is 3.05. The summed E-state index contributed by atoms with van der Waals surface area (Å²) in [4.78, 5) is 22.5. The minimum atomic E-state index is -1.11. The molecule has 9 heteroatoms. The van der Waals surface area contributed by atoms with Gasteiger partial charge in [-0.2, -0.15) is 0 Å². The SMILES string of the molecule is O=C(O)c1cc(NCc2cc(F)cc(F)c2)c2nc(N3CCOCC3)cnc2c1. The topological polar surface area (TPSA) is 87.6 Å². The molecule has 0 unspecified atom stereocenters. The maximum Gasteiger partial charge on any atom is 0.335 e. The Kier molecular flexibility index (Phi) is 5.22. The van der Waals surface area contributed by atoms with Gasteiger partial charge in [0, 0.05) is 25.7 Å². The number of ether oxygens (including phenoxy) is 1. The molecule has 1 saturated heterocycles.